The third kappa shape index (κ3) is 3.57. The van der Waals surface area contributed by atoms with Gasteiger partial charge in [0.1, 0.15) is 16.9 Å². The Balaban J connectivity index is 2.08. The number of halogens is 1. The number of carbonyl (C=O) groups excluding carboxylic acids is 1. The minimum Gasteiger partial charge on any atom is -0.351 e. The first-order valence-electron chi connectivity index (χ1n) is 5.77. The summed E-state index contributed by atoms with van der Waals surface area (Å²) in [5, 5.41) is 14.0. The van der Waals surface area contributed by atoms with Crippen LogP contribution in [0.3, 0.4) is 0 Å². The van der Waals surface area contributed by atoms with Crippen LogP contribution in [0.15, 0.2) is 12.3 Å². The summed E-state index contributed by atoms with van der Waals surface area (Å²) in [7, 11) is 0. The van der Waals surface area contributed by atoms with Crippen molar-refractivity contribution in [3.05, 3.63) is 33.1 Å². The number of carbonyl (C=O) groups is 1. The zero-order valence-electron chi connectivity index (χ0n) is 9.97. The summed E-state index contributed by atoms with van der Waals surface area (Å²) in [4.78, 5) is 25.8. The molecule has 1 saturated heterocycles. The summed E-state index contributed by atoms with van der Waals surface area (Å²) in [6.45, 7) is 0.514. The molecular formula is C11H12ClN3O3S. The molecule has 0 aliphatic carbocycles. The average Bonchev–Trinajstić information content (AvgIpc) is 2.88. The maximum absolute atomic E-state index is 12.0. The lowest BCUT2D eigenvalue weighted by atomic mass is 10.2. The molecule has 0 saturated carbocycles. The van der Waals surface area contributed by atoms with E-state index in [1.165, 1.54) is 6.07 Å². The molecule has 8 heteroatoms. The maximum Gasteiger partial charge on any atom is 0.300 e. The Labute approximate surface area is 119 Å². The Morgan fingerprint density at radius 1 is 1.68 bits per heavy atom. The van der Waals surface area contributed by atoms with Crippen LogP contribution in [0.25, 0.3) is 0 Å². The number of hydrogen-bond acceptors (Lipinski definition) is 5. The summed E-state index contributed by atoms with van der Waals surface area (Å²) in [5.74, 6) is 0.616. The molecule has 0 bridgehead atoms. The van der Waals surface area contributed by atoms with Gasteiger partial charge in [0.05, 0.1) is 4.92 Å². The fourth-order valence-electron chi connectivity index (χ4n) is 1.86. The highest BCUT2D eigenvalue weighted by Crippen LogP contribution is 2.25. The number of rotatable bonds is 4. The predicted octanol–water partition coefficient (Wildman–Crippen LogP) is 2.27. The van der Waals surface area contributed by atoms with Crippen molar-refractivity contribution in [3.8, 4) is 0 Å². The van der Waals surface area contributed by atoms with Crippen molar-refractivity contribution in [1.29, 1.82) is 0 Å². The first kappa shape index (κ1) is 14.1. The van der Waals surface area contributed by atoms with Crippen molar-refractivity contribution in [3.63, 3.8) is 0 Å². The molecule has 2 heterocycles. The number of pyridine rings is 1. The molecule has 1 N–H and O–H groups in total. The van der Waals surface area contributed by atoms with Crippen LogP contribution in [0.4, 0.5) is 5.69 Å². The second-order valence-electron chi connectivity index (χ2n) is 4.13. The highest BCUT2D eigenvalue weighted by Gasteiger charge is 2.23. The molecule has 1 aliphatic heterocycles. The summed E-state index contributed by atoms with van der Waals surface area (Å²) < 4.78 is 0. The SMILES string of the molecule is O=C(NCC1CCCS1)c1cc(Cl)ncc1[N+](=O)[O-]. The minimum atomic E-state index is -0.636. The highest BCUT2D eigenvalue weighted by molar-refractivity contribution is 8.00. The second kappa shape index (κ2) is 6.21. The van der Waals surface area contributed by atoms with E-state index in [0.717, 1.165) is 24.8 Å². The molecule has 1 aromatic rings. The van der Waals surface area contributed by atoms with Gasteiger partial charge in [0.25, 0.3) is 11.6 Å². The minimum absolute atomic E-state index is 0.0482. The predicted molar refractivity (Wildman–Crippen MR) is 73.7 cm³/mol. The van der Waals surface area contributed by atoms with Gasteiger partial charge in [-0.3, -0.25) is 14.9 Å². The van der Waals surface area contributed by atoms with Crippen molar-refractivity contribution in [2.45, 2.75) is 18.1 Å². The zero-order chi connectivity index (χ0) is 13.8. The molecule has 0 spiro atoms. The molecule has 1 aromatic heterocycles. The van der Waals surface area contributed by atoms with Crippen molar-refractivity contribution in [1.82, 2.24) is 10.3 Å². The average molecular weight is 302 g/mol. The van der Waals surface area contributed by atoms with Gasteiger partial charge >= 0.3 is 0 Å². The lowest BCUT2D eigenvalue weighted by molar-refractivity contribution is -0.385. The Morgan fingerprint density at radius 3 is 3.11 bits per heavy atom. The fraction of sp³-hybridized carbons (Fsp3) is 0.455. The van der Waals surface area contributed by atoms with Gasteiger partial charge in [0, 0.05) is 11.8 Å². The largest absolute Gasteiger partial charge is 0.351 e. The lowest BCUT2D eigenvalue weighted by Crippen LogP contribution is -2.30. The molecule has 1 amide bonds. The van der Waals surface area contributed by atoms with Crippen LogP contribution in [-0.2, 0) is 0 Å². The van der Waals surface area contributed by atoms with Gasteiger partial charge in [0.15, 0.2) is 0 Å². The Hall–Kier alpha value is -1.34. The van der Waals surface area contributed by atoms with E-state index in [9.17, 15) is 14.9 Å². The van der Waals surface area contributed by atoms with Gasteiger partial charge in [-0.15, -0.1) is 0 Å². The second-order valence-corrected chi connectivity index (χ2v) is 5.92. The molecule has 1 aliphatic rings. The molecule has 0 radical (unpaired) electrons. The van der Waals surface area contributed by atoms with Crippen LogP contribution < -0.4 is 5.32 Å². The van der Waals surface area contributed by atoms with Crippen molar-refractivity contribution in [2.75, 3.05) is 12.3 Å². The Morgan fingerprint density at radius 2 is 2.47 bits per heavy atom. The number of nitro groups is 1. The van der Waals surface area contributed by atoms with Gasteiger partial charge < -0.3 is 5.32 Å². The van der Waals surface area contributed by atoms with Crippen LogP contribution in [-0.4, -0.2) is 33.4 Å². The number of amides is 1. The van der Waals surface area contributed by atoms with Crippen LogP contribution in [0, 0.1) is 10.1 Å². The van der Waals surface area contributed by atoms with E-state index >= 15 is 0 Å². The summed E-state index contributed by atoms with van der Waals surface area (Å²) in [5.41, 5.74) is -0.381. The number of nitrogens with one attached hydrogen (secondary N) is 1. The summed E-state index contributed by atoms with van der Waals surface area (Å²) in [6.07, 6.45) is 3.21. The van der Waals surface area contributed by atoms with E-state index in [1.807, 2.05) is 0 Å². The van der Waals surface area contributed by atoms with Gasteiger partial charge in [-0.2, -0.15) is 11.8 Å². The normalized spacial score (nSPS) is 18.3. The third-order valence-electron chi connectivity index (χ3n) is 2.81. The van der Waals surface area contributed by atoms with E-state index in [1.54, 1.807) is 11.8 Å². The highest BCUT2D eigenvalue weighted by atomic mass is 35.5. The fourth-order valence-corrected chi connectivity index (χ4v) is 3.22. The lowest BCUT2D eigenvalue weighted by Gasteiger charge is -2.10. The first-order chi connectivity index (χ1) is 9.08. The van der Waals surface area contributed by atoms with Crippen molar-refractivity contribution in [2.24, 2.45) is 0 Å². The van der Waals surface area contributed by atoms with E-state index in [4.69, 9.17) is 11.6 Å². The van der Waals surface area contributed by atoms with Crippen molar-refractivity contribution < 1.29 is 9.72 Å². The van der Waals surface area contributed by atoms with E-state index in [2.05, 4.69) is 10.3 Å². The van der Waals surface area contributed by atoms with Crippen LogP contribution >= 0.6 is 23.4 Å². The van der Waals surface area contributed by atoms with Crippen LogP contribution in [0.5, 0.6) is 0 Å². The maximum atomic E-state index is 12.0. The molecular weight excluding hydrogens is 290 g/mol. The van der Waals surface area contributed by atoms with Crippen molar-refractivity contribution >= 4 is 35.0 Å². The molecule has 19 heavy (non-hydrogen) atoms. The van der Waals surface area contributed by atoms with E-state index in [-0.39, 0.29) is 16.4 Å². The number of aromatic nitrogens is 1. The molecule has 2 rings (SSSR count). The zero-order valence-corrected chi connectivity index (χ0v) is 11.5. The van der Waals surface area contributed by atoms with Crippen LogP contribution in [0.1, 0.15) is 23.2 Å². The van der Waals surface area contributed by atoms with Gasteiger partial charge in [0.2, 0.25) is 0 Å². The molecule has 0 aromatic carbocycles. The van der Waals surface area contributed by atoms with Crippen LogP contribution in [0.2, 0.25) is 5.15 Å². The Bertz CT molecular complexity index is 506. The summed E-state index contributed by atoms with van der Waals surface area (Å²) in [6, 6.07) is 1.22. The first-order valence-corrected chi connectivity index (χ1v) is 7.20. The molecule has 1 fully saturated rings. The number of hydrogen-bond donors (Lipinski definition) is 1. The van der Waals surface area contributed by atoms with E-state index in [0.29, 0.717) is 11.8 Å². The van der Waals surface area contributed by atoms with Gasteiger partial charge in [-0.25, -0.2) is 4.98 Å². The molecule has 1 atom stereocenters. The third-order valence-corrected chi connectivity index (χ3v) is 4.41. The quantitative estimate of drug-likeness (QED) is 0.524. The van der Waals surface area contributed by atoms with E-state index < -0.39 is 10.8 Å². The van der Waals surface area contributed by atoms with Gasteiger partial charge in [-0.1, -0.05) is 11.6 Å². The summed E-state index contributed by atoms with van der Waals surface area (Å²) >= 11 is 7.48. The monoisotopic (exact) mass is 301 g/mol. The number of nitrogens with zero attached hydrogens (tertiary/aromatic N) is 2. The Kier molecular flexibility index (Phi) is 4.60. The molecule has 1 unspecified atom stereocenters. The number of thioether (sulfide) groups is 1. The molecule has 6 nitrogen and oxygen atoms in total. The standard InChI is InChI=1S/C11H12ClN3O3S/c12-10-4-8(9(6-13-10)15(17)18)11(16)14-5-7-2-1-3-19-7/h4,6-7H,1-3,5H2,(H,14,16). The van der Waals surface area contributed by atoms with Gasteiger partial charge in [-0.05, 0) is 24.7 Å². The topological polar surface area (TPSA) is 85.1 Å². The smallest absolute Gasteiger partial charge is 0.300 e. The molecule has 102 valence electrons.